The van der Waals surface area contributed by atoms with Crippen LogP contribution in [-0.2, 0) is 0 Å². The van der Waals surface area contributed by atoms with Crippen LogP contribution < -0.4 is 0 Å². The molecule has 4 heteroatoms. The molecule has 3 aromatic carbocycles. The molecular weight excluding hydrogens is 433 g/mol. The van der Waals surface area contributed by atoms with Gasteiger partial charge in [0.05, 0.1) is 0 Å². The second-order valence-corrected chi connectivity index (χ2v) is 7.31. The molecule has 124 valence electrons. The Morgan fingerprint density at radius 3 is 2.19 bits per heavy atom. The van der Waals surface area contributed by atoms with Crippen molar-refractivity contribution in [1.29, 1.82) is 0 Å². The number of hydrogen-bond acceptors (Lipinski definition) is 2. The molecule has 0 fully saturated rings. The molecule has 2 aromatic heterocycles. The number of benzene rings is 3. The van der Waals surface area contributed by atoms with E-state index in [1.54, 1.807) is 0 Å². The summed E-state index contributed by atoms with van der Waals surface area (Å²) in [5.41, 5.74) is 4.34. The van der Waals surface area contributed by atoms with Crippen LogP contribution in [0.3, 0.4) is 0 Å². The van der Waals surface area contributed by atoms with E-state index in [0.29, 0.717) is 0 Å². The summed E-state index contributed by atoms with van der Waals surface area (Å²) in [5, 5.41) is 11.3. The first-order chi connectivity index (χ1) is 12.8. The van der Waals surface area contributed by atoms with Gasteiger partial charge >= 0.3 is 0 Å². The average molecular weight is 447 g/mol. The van der Waals surface area contributed by atoms with E-state index in [1.165, 1.54) is 20.1 Å². The first-order valence-electron chi connectivity index (χ1n) is 8.40. The van der Waals surface area contributed by atoms with E-state index in [1.807, 2.05) is 12.1 Å². The van der Waals surface area contributed by atoms with E-state index < -0.39 is 0 Å². The third-order valence-corrected chi connectivity index (χ3v) is 5.57. The van der Waals surface area contributed by atoms with Crippen molar-refractivity contribution in [3.63, 3.8) is 0 Å². The first-order valence-corrected chi connectivity index (χ1v) is 9.47. The highest BCUT2D eigenvalue weighted by atomic mass is 127. The Labute approximate surface area is 164 Å². The van der Waals surface area contributed by atoms with Crippen LogP contribution in [0, 0.1) is 3.57 Å². The van der Waals surface area contributed by atoms with Crippen LogP contribution in [-0.4, -0.2) is 14.6 Å². The van der Waals surface area contributed by atoms with Gasteiger partial charge in [-0.15, -0.1) is 10.2 Å². The van der Waals surface area contributed by atoms with Gasteiger partial charge < -0.3 is 0 Å². The lowest BCUT2D eigenvalue weighted by molar-refractivity contribution is 1.11. The average Bonchev–Trinajstić information content (AvgIpc) is 3.13. The molecule has 26 heavy (non-hydrogen) atoms. The molecule has 0 N–H and O–H groups in total. The minimum atomic E-state index is 0.862. The molecule has 0 atom stereocenters. The molecule has 0 radical (unpaired) electrons. The van der Waals surface area contributed by atoms with Gasteiger partial charge in [-0.25, -0.2) is 0 Å². The second-order valence-electron chi connectivity index (χ2n) is 6.15. The zero-order valence-corrected chi connectivity index (χ0v) is 16.0. The topological polar surface area (TPSA) is 30.2 Å². The molecule has 0 spiro atoms. The number of pyridine rings is 1. The largest absolute Gasteiger partial charge is 0.282 e. The van der Waals surface area contributed by atoms with Crippen molar-refractivity contribution in [2.45, 2.75) is 0 Å². The molecular formula is C22H14IN3. The molecule has 5 aromatic rings. The standard InChI is InChI=1S/C22H14IN3/c23-20-12-6-5-10-18(20)17-9-3-4-11-19(17)22-25-24-21-16-8-2-1-7-15(16)13-14-26(21)22/h1-14H. The van der Waals surface area contributed by atoms with Gasteiger partial charge in [-0.3, -0.25) is 4.40 Å². The highest BCUT2D eigenvalue weighted by Gasteiger charge is 2.15. The van der Waals surface area contributed by atoms with E-state index in [2.05, 4.69) is 110 Å². The van der Waals surface area contributed by atoms with Gasteiger partial charge in [-0.1, -0.05) is 66.7 Å². The van der Waals surface area contributed by atoms with E-state index >= 15 is 0 Å². The maximum atomic E-state index is 4.54. The Morgan fingerprint density at radius 2 is 1.35 bits per heavy atom. The summed E-state index contributed by atoms with van der Waals surface area (Å²) >= 11 is 2.39. The monoisotopic (exact) mass is 447 g/mol. The smallest absolute Gasteiger partial charge is 0.168 e. The molecule has 5 rings (SSSR count). The highest BCUT2D eigenvalue weighted by Crippen LogP contribution is 2.34. The van der Waals surface area contributed by atoms with Crippen molar-refractivity contribution in [2.75, 3.05) is 0 Å². The first kappa shape index (κ1) is 15.5. The Morgan fingerprint density at radius 1 is 0.654 bits per heavy atom. The molecule has 2 heterocycles. The van der Waals surface area contributed by atoms with Gasteiger partial charge in [-0.05, 0) is 51.2 Å². The summed E-state index contributed by atoms with van der Waals surface area (Å²) in [6.45, 7) is 0. The van der Waals surface area contributed by atoms with Crippen molar-refractivity contribution in [3.05, 3.63) is 88.6 Å². The zero-order chi connectivity index (χ0) is 17.5. The Balaban J connectivity index is 1.80. The van der Waals surface area contributed by atoms with Crippen LogP contribution in [0.5, 0.6) is 0 Å². The summed E-state index contributed by atoms with van der Waals surface area (Å²) < 4.78 is 3.30. The SMILES string of the molecule is Ic1ccccc1-c1ccccc1-c1nnc2c3ccccc3ccn12. The summed E-state index contributed by atoms with van der Waals surface area (Å²) in [6.07, 6.45) is 2.06. The van der Waals surface area contributed by atoms with E-state index in [-0.39, 0.29) is 0 Å². The van der Waals surface area contributed by atoms with Gasteiger partial charge in [0.2, 0.25) is 0 Å². The second kappa shape index (κ2) is 6.21. The molecule has 0 saturated carbocycles. The van der Waals surface area contributed by atoms with Crippen molar-refractivity contribution >= 4 is 39.0 Å². The highest BCUT2D eigenvalue weighted by molar-refractivity contribution is 14.1. The molecule has 0 saturated heterocycles. The van der Waals surface area contributed by atoms with Gasteiger partial charge in [0.15, 0.2) is 11.5 Å². The molecule has 0 unspecified atom stereocenters. The molecule has 0 aliphatic heterocycles. The zero-order valence-electron chi connectivity index (χ0n) is 13.8. The third kappa shape index (κ3) is 2.41. The minimum absolute atomic E-state index is 0.862. The van der Waals surface area contributed by atoms with E-state index in [0.717, 1.165) is 22.4 Å². The van der Waals surface area contributed by atoms with Crippen molar-refractivity contribution in [2.24, 2.45) is 0 Å². The van der Waals surface area contributed by atoms with Crippen LogP contribution in [0.1, 0.15) is 0 Å². The van der Waals surface area contributed by atoms with Crippen molar-refractivity contribution < 1.29 is 0 Å². The summed E-state index contributed by atoms with van der Waals surface area (Å²) in [7, 11) is 0. The van der Waals surface area contributed by atoms with Gasteiger partial charge in [0.1, 0.15) is 0 Å². The van der Waals surface area contributed by atoms with E-state index in [4.69, 9.17) is 0 Å². The predicted molar refractivity (Wildman–Crippen MR) is 114 cm³/mol. The molecule has 0 aliphatic rings. The van der Waals surface area contributed by atoms with Crippen molar-refractivity contribution in [3.8, 4) is 22.5 Å². The van der Waals surface area contributed by atoms with Gasteiger partial charge in [0, 0.05) is 20.7 Å². The molecule has 3 nitrogen and oxygen atoms in total. The van der Waals surface area contributed by atoms with Crippen LogP contribution in [0.25, 0.3) is 38.9 Å². The molecule has 0 amide bonds. The Hall–Kier alpha value is -2.73. The number of nitrogens with zero attached hydrogens (tertiary/aromatic N) is 3. The quantitative estimate of drug-likeness (QED) is 0.319. The summed E-state index contributed by atoms with van der Waals surface area (Å²) in [6, 6.07) is 27.2. The van der Waals surface area contributed by atoms with Crippen LogP contribution in [0.4, 0.5) is 0 Å². The summed E-state index contributed by atoms with van der Waals surface area (Å²) in [5.74, 6) is 0.862. The lowest BCUT2D eigenvalue weighted by atomic mass is 9.99. The number of fused-ring (bicyclic) bond motifs is 3. The van der Waals surface area contributed by atoms with Crippen molar-refractivity contribution in [1.82, 2.24) is 14.6 Å². The summed E-state index contributed by atoms with van der Waals surface area (Å²) in [4.78, 5) is 0. The normalized spacial score (nSPS) is 11.3. The lowest BCUT2D eigenvalue weighted by Gasteiger charge is -2.10. The Bertz CT molecular complexity index is 1260. The number of hydrogen-bond donors (Lipinski definition) is 0. The minimum Gasteiger partial charge on any atom is -0.282 e. The number of halogens is 1. The molecule has 0 bridgehead atoms. The fourth-order valence-corrected chi connectivity index (χ4v) is 4.07. The lowest BCUT2D eigenvalue weighted by Crippen LogP contribution is -1.93. The Kier molecular flexibility index (Phi) is 3.71. The predicted octanol–water partition coefficient (Wildman–Crippen LogP) is 5.82. The van der Waals surface area contributed by atoms with Crippen LogP contribution in [0.2, 0.25) is 0 Å². The van der Waals surface area contributed by atoms with Crippen LogP contribution >= 0.6 is 22.6 Å². The maximum absolute atomic E-state index is 4.54. The van der Waals surface area contributed by atoms with Gasteiger partial charge in [-0.2, -0.15) is 0 Å². The van der Waals surface area contributed by atoms with E-state index in [9.17, 15) is 0 Å². The molecule has 0 aliphatic carbocycles. The number of aromatic nitrogens is 3. The van der Waals surface area contributed by atoms with Gasteiger partial charge in [0.25, 0.3) is 0 Å². The fourth-order valence-electron chi connectivity index (χ4n) is 3.39. The number of rotatable bonds is 2. The maximum Gasteiger partial charge on any atom is 0.168 e. The van der Waals surface area contributed by atoms with Crippen LogP contribution in [0.15, 0.2) is 85.1 Å². The third-order valence-electron chi connectivity index (χ3n) is 4.63. The fraction of sp³-hybridized carbons (Fsp3) is 0.